The molecule has 23 heavy (non-hydrogen) atoms. The van der Waals surface area contributed by atoms with E-state index >= 15 is 0 Å². The van der Waals surface area contributed by atoms with Crippen LogP contribution in [-0.4, -0.2) is 23.6 Å². The van der Waals surface area contributed by atoms with Crippen LogP contribution >= 0.6 is 11.6 Å². The van der Waals surface area contributed by atoms with Crippen molar-refractivity contribution in [2.75, 3.05) is 13.7 Å². The van der Waals surface area contributed by atoms with E-state index in [4.69, 9.17) is 25.8 Å². The second-order valence-electron chi connectivity index (χ2n) is 5.58. The van der Waals surface area contributed by atoms with Gasteiger partial charge in [0.2, 0.25) is 0 Å². The Morgan fingerprint density at radius 1 is 1.09 bits per heavy atom. The number of halogens is 2. The largest absolute Gasteiger partial charge is 0.497 e. The molecular formula is C17H19ClFNO3. The van der Waals surface area contributed by atoms with Crippen molar-refractivity contribution in [1.82, 2.24) is 4.98 Å². The molecule has 1 heterocycles. The van der Waals surface area contributed by atoms with Gasteiger partial charge in [-0.25, -0.2) is 9.37 Å². The van der Waals surface area contributed by atoms with Crippen LogP contribution in [0.4, 0.5) is 4.39 Å². The van der Waals surface area contributed by atoms with Crippen molar-refractivity contribution in [1.29, 1.82) is 0 Å². The molecular weight excluding hydrogens is 321 g/mol. The number of pyridine rings is 1. The van der Waals surface area contributed by atoms with Crippen LogP contribution in [0.15, 0.2) is 36.4 Å². The van der Waals surface area contributed by atoms with Gasteiger partial charge >= 0.3 is 0 Å². The van der Waals surface area contributed by atoms with Crippen molar-refractivity contribution < 1.29 is 18.6 Å². The summed E-state index contributed by atoms with van der Waals surface area (Å²) in [6.45, 7) is 4.30. The van der Waals surface area contributed by atoms with Crippen molar-refractivity contribution in [3.05, 3.63) is 47.9 Å². The summed E-state index contributed by atoms with van der Waals surface area (Å²) in [4.78, 5) is 3.68. The third-order valence-corrected chi connectivity index (χ3v) is 2.95. The first-order chi connectivity index (χ1) is 10.9. The number of nitrogens with zero attached hydrogens (tertiary/aromatic N) is 1. The molecule has 1 aromatic carbocycles. The number of benzene rings is 1. The molecule has 0 aliphatic carbocycles. The lowest BCUT2D eigenvalue weighted by molar-refractivity contribution is 0.102. The Hall–Kier alpha value is -1.85. The lowest BCUT2D eigenvalue weighted by atomic mass is 10.2. The number of methoxy groups -OCH3 is 1. The normalized spacial score (nSPS) is 11.3. The first-order valence-corrected chi connectivity index (χ1v) is 7.49. The van der Waals surface area contributed by atoms with Gasteiger partial charge in [0.15, 0.2) is 5.82 Å². The zero-order valence-corrected chi connectivity index (χ0v) is 14.1. The monoisotopic (exact) mass is 339 g/mol. The molecule has 0 aliphatic rings. The Kier molecular flexibility index (Phi) is 5.80. The summed E-state index contributed by atoms with van der Waals surface area (Å²) < 4.78 is 29.8. The molecule has 0 spiro atoms. The molecule has 1 aromatic heterocycles. The van der Waals surface area contributed by atoms with Crippen LogP contribution in [0, 0.1) is 5.82 Å². The van der Waals surface area contributed by atoms with Gasteiger partial charge in [-0.15, -0.1) is 11.6 Å². The third-order valence-electron chi connectivity index (χ3n) is 2.84. The zero-order valence-electron chi connectivity index (χ0n) is 13.3. The average Bonchev–Trinajstić information content (AvgIpc) is 2.50. The summed E-state index contributed by atoms with van der Waals surface area (Å²) in [7, 11) is 1.57. The fraction of sp³-hybridized carbons (Fsp3) is 0.353. The lowest BCUT2D eigenvalue weighted by Gasteiger charge is -2.15. The van der Waals surface area contributed by atoms with E-state index in [1.54, 1.807) is 37.4 Å². The lowest BCUT2D eigenvalue weighted by Crippen LogP contribution is -2.19. The van der Waals surface area contributed by atoms with Gasteiger partial charge < -0.3 is 14.2 Å². The number of aromatic nitrogens is 1. The molecule has 2 aromatic rings. The van der Waals surface area contributed by atoms with Gasteiger partial charge in [0.1, 0.15) is 11.5 Å². The predicted octanol–water partition coefficient (Wildman–Crippen LogP) is 4.56. The predicted molar refractivity (Wildman–Crippen MR) is 86.9 cm³/mol. The van der Waals surface area contributed by atoms with Crippen LogP contribution in [-0.2, 0) is 11.3 Å². The highest BCUT2D eigenvalue weighted by atomic mass is 35.5. The molecule has 6 heteroatoms. The van der Waals surface area contributed by atoms with Gasteiger partial charge in [0.25, 0.3) is 5.88 Å². The second-order valence-corrected chi connectivity index (χ2v) is 6.60. The maximum atomic E-state index is 13.8. The van der Waals surface area contributed by atoms with Crippen molar-refractivity contribution in [3.8, 4) is 17.4 Å². The van der Waals surface area contributed by atoms with E-state index in [0.717, 1.165) is 0 Å². The standard InChI is InChI=1S/C17H19ClFNO3/c1-17(2,18)11-22-10-12-4-9-15(19)16(20-12)23-14-7-5-13(21-3)6-8-14/h4-9H,10-11H2,1-3H3. The Labute approximate surface area is 140 Å². The highest BCUT2D eigenvalue weighted by Gasteiger charge is 2.14. The van der Waals surface area contributed by atoms with Crippen molar-refractivity contribution in [3.63, 3.8) is 0 Å². The minimum absolute atomic E-state index is 0.0959. The third kappa shape index (κ3) is 5.69. The minimum atomic E-state index is -0.540. The van der Waals surface area contributed by atoms with Crippen molar-refractivity contribution >= 4 is 11.6 Å². The van der Waals surface area contributed by atoms with Crippen molar-refractivity contribution in [2.45, 2.75) is 25.3 Å². The van der Waals surface area contributed by atoms with Gasteiger partial charge in [-0.05, 0) is 50.2 Å². The second kappa shape index (κ2) is 7.62. The van der Waals surface area contributed by atoms with Gasteiger partial charge in [0.05, 0.1) is 30.9 Å². The molecule has 0 atom stereocenters. The molecule has 0 saturated heterocycles. The van der Waals surface area contributed by atoms with E-state index in [9.17, 15) is 4.39 Å². The fourth-order valence-corrected chi connectivity index (χ4v) is 1.84. The van der Waals surface area contributed by atoms with Gasteiger partial charge in [-0.2, -0.15) is 0 Å². The van der Waals surface area contributed by atoms with Crippen LogP contribution in [0.2, 0.25) is 0 Å². The summed E-state index contributed by atoms with van der Waals surface area (Å²) in [5, 5.41) is 0. The molecule has 4 nitrogen and oxygen atoms in total. The first-order valence-electron chi connectivity index (χ1n) is 7.11. The minimum Gasteiger partial charge on any atom is -0.497 e. The molecule has 0 fully saturated rings. The molecule has 0 N–H and O–H groups in total. The van der Waals surface area contributed by atoms with Gasteiger partial charge in [-0.3, -0.25) is 0 Å². The number of hydrogen-bond acceptors (Lipinski definition) is 4. The molecule has 0 radical (unpaired) electrons. The van der Waals surface area contributed by atoms with Crippen LogP contribution < -0.4 is 9.47 Å². The molecule has 0 unspecified atom stereocenters. The quantitative estimate of drug-likeness (QED) is 0.693. The van der Waals surface area contributed by atoms with E-state index in [1.165, 1.54) is 6.07 Å². The number of hydrogen-bond donors (Lipinski definition) is 0. The molecule has 0 saturated carbocycles. The highest BCUT2D eigenvalue weighted by Crippen LogP contribution is 2.25. The average molecular weight is 340 g/mol. The highest BCUT2D eigenvalue weighted by molar-refractivity contribution is 6.23. The van der Waals surface area contributed by atoms with Crippen LogP contribution in [0.1, 0.15) is 19.5 Å². The molecule has 0 aliphatic heterocycles. The van der Waals surface area contributed by atoms with E-state index in [2.05, 4.69) is 4.98 Å². The van der Waals surface area contributed by atoms with Crippen LogP contribution in [0.5, 0.6) is 17.4 Å². The van der Waals surface area contributed by atoms with Gasteiger partial charge in [0, 0.05) is 0 Å². The summed E-state index contributed by atoms with van der Waals surface area (Å²) in [6, 6.07) is 9.66. The zero-order chi connectivity index (χ0) is 16.9. The Morgan fingerprint density at radius 2 is 1.74 bits per heavy atom. The smallest absolute Gasteiger partial charge is 0.256 e. The Bertz CT molecular complexity index is 641. The molecule has 124 valence electrons. The summed E-state index contributed by atoms with van der Waals surface area (Å²) in [5.41, 5.74) is 0.566. The van der Waals surface area contributed by atoms with E-state index < -0.39 is 10.7 Å². The molecule has 0 bridgehead atoms. The maximum Gasteiger partial charge on any atom is 0.256 e. The van der Waals surface area contributed by atoms with E-state index in [0.29, 0.717) is 23.8 Å². The summed E-state index contributed by atoms with van der Waals surface area (Å²) in [6.07, 6.45) is 0. The SMILES string of the molecule is COc1ccc(Oc2nc(COCC(C)(C)Cl)ccc2F)cc1. The van der Waals surface area contributed by atoms with Gasteiger partial charge in [-0.1, -0.05) is 0 Å². The van der Waals surface area contributed by atoms with E-state index in [1.807, 2.05) is 13.8 Å². The topological polar surface area (TPSA) is 40.6 Å². The van der Waals surface area contributed by atoms with E-state index in [-0.39, 0.29) is 12.5 Å². The number of ether oxygens (including phenoxy) is 3. The maximum absolute atomic E-state index is 13.8. The van der Waals surface area contributed by atoms with Crippen LogP contribution in [0.3, 0.4) is 0 Å². The number of rotatable bonds is 7. The van der Waals surface area contributed by atoms with Crippen LogP contribution in [0.25, 0.3) is 0 Å². The Morgan fingerprint density at radius 3 is 2.35 bits per heavy atom. The number of alkyl halides is 1. The Balaban J connectivity index is 2.04. The molecule has 2 rings (SSSR count). The summed E-state index contributed by atoms with van der Waals surface area (Å²) >= 11 is 6.05. The first kappa shape index (κ1) is 17.5. The molecule has 0 amide bonds. The van der Waals surface area contributed by atoms with Crippen molar-refractivity contribution in [2.24, 2.45) is 0 Å². The fourth-order valence-electron chi connectivity index (χ4n) is 1.77. The summed E-state index contributed by atoms with van der Waals surface area (Å²) in [5.74, 6) is 0.525.